The molecule has 116 valence electrons. The van der Waals surface area contributed by atoms with Crippen LogP contribution in [0.2, 0.25) is 0 Å². The van der Waals surface area contributed by atoms with Crippen LogP contribution < -0.4 is 0 Å². The summed E-state index contributed by atoms with van der Waals surface area (Å²) in [6.07, 6.45) is 5.66. The van der Waals surface area contributed by atoms with Crippen molar-refractivity contribution in [1.29, 1.82) is 0 Å². The van der Waals surface area contributed by atoms with E-state index in [9.17, 15) is 13.2 Å². The van der Waals surface area contributed by atoms with Gasteiger partial charge in [-0.05, 0) is 38.3 Å². The molecule has 1 aromatic rings. The van der Waals surface area contributed by atoms with E-state index in [0.29, 0.717) is 12.0 Å². The summed E-state index contributed by atoms with van der Waals surface area (Å²) in [7, 11) is -3.36. The van der Waals surface area contributed by atoms with E-state index in [2.05, 4.69) is 0 Å². The lowest BCUT2D eigenvalue weighted by molar-refractivity contribution is 0.0886. The van der Waals surface area contributed by atoms with Gasteiger partial charge in [0.15, 0.2) is 15.6 Å². The Labute approximate surface area is 127 Å². The highest BCUT2D eigenvalue weighted by molar-refractivity contribution is 7.91. The number of ketones is 1. The summed E-state index contributed by atoms with van der Waals surface area (Å²) in [5.74, 6) is 0.116. The molecule has 21 heavy (non-hydrogen) atoms. The summed E-state index contributed by atoms with van der Waals surface area (Å²) in [6.45, 7) is 3.74. The van der Waals surface area contributed by atoms with Crippen LogP contribution in [0.25, 0.3) is 0 Å². The fraction of sp³-hybridized carbons (Fsp3) is 0.588. The summed E-state index contributed by atoms with van der Waals surface area (Å²) >= 11 is 0. The molecule has 0 unspecified atom stereocenters. The Hall–Kier alpha value is -1.16. The zero-order valence-electron chi connectivity index (χ0n) is 12.9. The average molecular weight is 308 g/mol. The molecule has 0 aliphatic heterocycles. The molecule has 1 fully saturated rings. The second-order valence-corrected chi connectivity index (χ2v) is 8.10. The summed E-state index contributed by atoms with van der Waals surface area (Å²) in [4.78, 5) is 13.0. The van der Waals surface area contributed by atoms with Gasteiger partial charge < -0.3 is 0 Å². The van der Waals surface area contributed by atoms with Gasteiger partial charge in [0.2, 0.25) is 0 Å². The molecule has 0 amide bonds. The predicted molar refractivity (Wildman–Crippen MR) is 84.4 cm³/mol. The molecule has 0 bridgehead atoms. The van der Waals surface area contributed by atoms with Gasteiger partial charge in [0, 0.05) is 11.5 Å². The van der Waals surface area contributed by atoms with E-state index in [1.54, 1.807) is 18.2 Å². The molecule has 1 aliphatic carbocycles. The van der Waals surface area contributed by atoms with Crippen molar-refractivity contribution < 1.29 is 13.2 Å². The van der Waals surface area contributed by atoms with Gasteiger partial charge in [0.1, 0.15) is 0 Å². The van der Waals surface area contributed by atoms with Crippen molar-refractivity contribution in [3.63, 3.8) is 0 Å². The van der Waals surface area contributed by atoms with Gasteiger partial charge in [0.25, 0.3) is 0 Å². The third kappa shape index (κ3) is 3.73. The summed E-state index contributed by atoms with van der Waals surface area (Å²) in [6, 6.07) is 5.13. The van der Waals surface area contributed by atoms with Gasteiger partial charge in [-0.2, -0.15) is 0 Å². The van der Waals surface area contributed by atoms with Gasteiger partial charge in [-0.25, -0.2) is 8.42 Å². The van der Waals surface area contributed by atoms with E-state index in [1.807, 2.05) is 13.8 Å². The maximum Gasteiger partial charge on any atom is 0.179 e. The van der Waals surface area contributed by atoms with E-state index in [0.717, 1.165) is 31.2 Å². The van der Waals surface area contributed by atoms with Crippen molar-refractivity contribution in [1.82, 2.24) is 0 Å². The first-order valence-electron chi connectivity index (χ1n) is 7.83. The zero-order chi connectivity index (χ0) is 15.5. The molecule has 0 N–H and O–H groups in total. The topological polar surface area (TPSA) is 51.2 Å². The third-order valence-corrected chi connectivity index (χ3v) is 6.16. The number of hydrogen-bond acceptors (Lipinski definition) is 3. The smallest absolute Gasteiger partial charge is 0.179 e. The molecular formula is C17H24O3S. The van der Waals surface area contributed by atoms with Crippen molar-refractivity contribution in [2.24, 2.45) is 5.92 Å². The Kier molecular flexibility index (Phi) is 5.20. The highest BCUT2D eigenvalue weighted by Gasteiger charge is 2.28. The van der Waals surface area contributed by atoms with Gasteiger partial charge in [-0.1, -0.05) is 37.8 Å². The first kappa shape index (κ1) is 16.2. The molecule has 2 rings (SSSR count). The Balaban J connectivity index is 2.41. The second-order valence-electron chi connectivity index (χ2n) is 6.02. The monoisotopic (exact) mass is 308 g/mol. The number of rotatable bonds is 5. The first-order valence-corrected chi connectivity index (χ1v) is 9.48. The normalized spacial score (nSPS) is 16.9. The lowest BCUT2D eigenvalue weighted by atomic mass is 9.83. The van der Waals surface area contributed by atoms with Crippen LogP contribution in [0, 0.1) is 12.8 Å². The van der Waals surface area contributed by atoms with Crippen molar-refractivity contribution in [2.45, 2.75) is 57.3 Å². The highest BCUT2D eigenvalue weighted by Crippen LogP contribution is 2.30. The van der Waals surface area contributed by atoms with Crippen LogP contribution in [0.5, 0.6) is 0 Å². The van der Waals surface area contributed by atoms with Gasteiger partial charge in [0.05, 0.1) is 10.6 Å². The van der Waals surface area contributed by atoms with Gasteiger partial charge in [-0.15, -0.1) is 0 Å². The first-order chi connectivity index (χ1) is 9.95. The molecule has 3 nitrogen and oxygen atoms in total. The molecule has 1 saturated carbocycles. The Morgan fingerprint density at radius 3 is 2.48 bits per heavy atom. The van der Waals surface area contributed by atoms with Crippen LogP contribution in [-0.4, -0.2) is 20.0 Å². The molecule has 0 radical (unpaired) electrons. The van der Waals surface area contributed by atoms with E-state index in [1.165, 1.54) is 6.42 Å². The Morgan fingerprint density at radius 2 is 1.86 bits per heavy atom. The fourth-order valence-electron chi connectivity index (χ4n) is 3.07. The summed E-state index contributed by atoms with van der Waals surface area (Å²) in [5, 5.41) is 0. The van der Waals surface area contributed by atoms with Crippen LogP contribution in [0.4, 0.5) is 0 Å². The molecule has 0 spiro atoms. The van der Waals surface area contributed by atoms with Crippen molar-refractivity contribution in [2.75, 3.05) is 5.75 Å². The number of benzene rings is 1. The molecule has 1 aromatic carbocycles. The predicted octanol–water partition coefficient (Wildman–Crippen LogP) is 3.94. The molecule has 4 heteroatoms. The summed E-state index contributed by atoms with van der Waals surface area (Å²) < 4.78 is 24.8. The molecule has 0 aromatic heterocycles. The number of aryl methyl sites for hydroxylation is 1. The number of sulfone groups is 1. The van der Waals surface area contributed by atoms with Gasteiger partial charge in [-0.3, -0.25) is 4.79 Å². The van der Waals surface area contributed by atoms with E-state index in [-0.39, 0.29) is 22.3 Å². The van der Waals surface area contributed by atoms with E-state index in [4.69, 9.17) is 0 Å². The molecule has 0 heterocycles. The van der Waals surface area contributed by atoms with E-state index >= 15 is 0 Å². The second kappa shape index (κ2) is 6.73. The van der Waals surface area contributed by atoms with Crippen molar-refractivity contribution in [3.8, 4) is 0 Å². The van der Waals surface area contributed by atoms with Crippen LogP contribution in [0.1, 0.15) is 61.4 Å². The quantitative estimate of drug-likeness (QED) is 0.774. The van der Waals surface area contributed by atoms with Crippen molar-refractivity contribution in [3.05, 3.63) is 29.3 Å². The Morgan fingerprint density at radius 1 is 1.19 bits per heavy atom. The van der Waals surface area contributed by atoms with Crippen LogP contribution >= 0.6 is 0 Å². The number of carbonyl (C=O) groups excluding carboxylic acids is 1. The van der Waals surface area contributed by atoms with Crippen LogP contribution in [-0.2, 0) is 9.84 Å². The lowest BCUT2D eigenvalue weighted by Crippen LogP contribution is -2.21. The minimum absolute atomic E-state index is 0.00359. The maximum atomic E-state index is 12.8. The molecular weight excluding hydrogens is 284 g/mol. The fourth-order valence-corrected chi connectivity index (χ4v) is 4.60. The van der Waals surface area contributed by atoms with Crippen molar-refractivity contribution >= 4 is 15.6 Å². The lowest BCUT2D eigenvalue weighted by Gasteiger charge is -2.21. The van der Waals surface area contributed by atoms with Gasteiger partial charge >= 0.3 is 0 Å². The molecule has 1 aliphatic rings. The van der Waals surface area contributed by atoms with E-state index < -0.39 is 9.84 Å². The number of Topliss-reactive ketones (excluding diaryl/α,β-unsaturated/α-hetero) is 1. The van der Waals surface area contributed by atoms with Crippen LogP contribution in [0.3, 0.4) is 0 Å². The Bertz CT molecular complexity index is 611. The average Bonchev–Trinajstić information content (AvgIpc) is 2.47. The third-order valence-electron chi connectivity index (χ3n) is 4.18. The molecule has 0 saturated heterocycles. The number of carbonyl (C=O) groups is 1. The standard InChI is InChI=1S/C17H24O3S/c1-3-11-21(19,20)16-10-9-13(2)12-15(16)17(18)14-7-5-4-6-8-14/h9-10,12,14H,3-8,11H2,1-2H3. The summed E-state index contributed by atoms with van der Waals surface area (Å²) in [5.41, 5.74) is 1.35. The SMILES string of the molecule is CCCS(=O)(=O)c1ccc(C)cc1C(=O)C1CCCCC1. The zero-order valence-corrected chi connectivity index (χ0v) is 13.7. The minimum Gasteiger partial charge on any atom is -0.294 e. The van der Waals surface area contributed by atoms with Crippen LogP contribution in [0.15, 0.2) is 23.1 Å². The molecule has 0 atom stereocenters. The maximum absolute atomic E-state index is 12.8. The highest BCUT2D eigenvalue weighted by atomic mass is 32.2. The largest absolute Gasteiger partial charge is 0.294 e. The number of hydrogen-bond donors (Lipinski definition) is 0. The minimum atomic E-state index is -3.36.